The smallest absolute Gasteiger partial charge is 0.416 e. The number of alkyl halides is 3. The third kappa shape index (κ3) is 6.11. The molecule has 2 heterocycles. The summed E-state index contributed by atoms with van der Waals surface area (Å²) >= 11 is 0. The van der Waals surface area contributed by atoms with Gasteiger partial charge in [0.2, 0.25) is 5.82 Å². The largest absolute Gasteiger partial charge is 0.444 e. The lowest BCUT2D eigenvalue weighted by atomic mass is 10.0. The summed E-state index contributed by atoms with van der Waals surface area (Å²) in [5.41, 5.74) is -0.995. The van der Waals surface area contributed by atoms with Crippen molar-refractivity contribution in [3.63, 3.8) is 0 Å². The average Bonchev–Trinajstić information content (AvgIpc) is 3.40. The predicted molar refractivity (Wildman–Crippen MR) is 125 cm³/mol. The Labute approximate surface area is 205 Å². The van der Waals surface area contributed by atoms with E-state index >= 15 is 0 Å². The number of likely N-dealkylation sites (tertiary alicyclic amines) is 1. The number of para-hydroxylation sites is 1. The Hall–Kier alpha value is -3.67. The fourth-order valence-electron chi connectivity index (χ4n) is 3.83. The van der Waals surface area contributed by atoms with Crippen molar-refractivity contribution in [2.24, 2.45) is 0 Å². The molecule has 1 aliphatic rings. The number of carbonyl (C=O) groups is 1. The number of nitrogens with zero attached hydrogens (tertiary/aromatic N) is 5. The average molecular weight is 505 g/mol. The van der Waals surface area contributed by atoms with Crippen molar-refractivity contribution in [1.29, 1.82) is 0 Å². The van der Waals surface area contributed by atoms with Gasteiger partial charge in [0, 0.05) is 23.5 Å². The minimum atomic E-state index is -4.41. The highest BCUT2D eigenvalue weighted by Gasteiger charge is 2.40. The van der Waals surface area contributed by atoms with Gasteiger partial charge in [-0.3, -0.25) is 0 Å². The van der Waals surface area contributed by atoms with Gasteiger partial charge in [-0.2, -0.15) is 18.0 Å². The molecule has 1 aliphatic heterocycles. The molecule has 9 nitrogen and oxygen atoms in total. The number of ether oxygens (including phenoxy) is 1. The number of hydrogen-bond acceptors (Lipinski definition) is 7. The number of aliphatic hydroxyl groups is 1. The van der Waals surface area contributed by atoms with Crippen LogP contribution in [0.4, 0.5) is 29.3 Å². The van der Waals surface area contributed by atoms with Crippen molar-refractivity contribution in [3.8, 4) is 11.4 Å². The molecule has 0 saturated carbocycles. The summed E-state index contributed by atoms with van der Waals surface area (Å²) in [5, 5.41) is 26.6. The van der Waals surface area contributed by atoms with Gasteiger partial charge in [0.25, 0.3) is 0 Å². The topological polar surface area (TPSA) is 105 Å². The number of amides is 1. The second-order valence-electron chi connectivity index (χ2n) is 9.77. The van der Waals surface area contributed by atoms with Crippen molar-refractivity contribution >= 4 is 17.5 Å². The summed E-state index contributed by atoms with van der Waals surface area (Å²) in [5.74, 6) is 0.274. The number of aromatic nitrogens is 4. The van der Waals surface area contributed by atoms with E-state index in [2.05, 4.69) is 20.7 Å². The van der Waals surface area contributed by atoms with Gasteiger partial charge >= 0.3 is 12.3 Å². The molecular formula is C24H27F3N6O3. The summed E-state index contributed by atoms with van der Waals surface area (Å²) < 4.78 is 43.9. The number of halogens is 3. The molecule has 1 saturated heterocycles. The van der Waals surface area contributed by atoms with Crippen LogP contribution < -0.4 is 5.32 Å². The highest BCUT2D eigenvalue weighted by atomic mass is 19.4. The van der Waals surface area contributed by atoms with Crippen LogP contribution in [0.25, 0.3) is 11.4 Å². The van der Waals surface area contributed by atoms with Crippen molar-refractivity contribution in [2.45, 2.75) is 51.1 Å². The SMILES string of the molecule is CC(C)(C)OC(=O)N1CC[C@@](O)(Cn2nnc(-c3ccccc3Nc3ccc(C(F)(F)F)cc3)n2)C1. The number of benzene rings is 2. The Morgan fingerprint density at radius 2 is 1.83 bits per heavy atom. The molecule has 0 unspecified atom stereocenters. The van der Waals surface area contributed by atoms with Crippen molar-refractivity contribution in [2.75, 3.05) is 18.4 Å². The Kier molecular flexibility index (Phi) is 6.65. The van der Waals surface area contributed by atoms with Crippen LogP contribution >= 0.6 is 0 Å². The monoisotopic (exact) mass is 504 g/mol. The minimum absolute atomic E-state index is 0.0216. The molecule has 4 rings (SSSR count). The summed E-state index contributed by atoms with van der Waals surface area (Å²) in [7, 11) is 0. The zero-order valence-electron chi connectivity index (χ0n) is 20.1. The molecule has 0 radical (unpaired) electrons. The van der Waals surface area contributed by atoms with Crippen LogP contribution in [0, 0.1) is 0 Å². The van der Waals surface area contributed by atoms with E-state index < -0.39 is 29.0 Å². The Bertz CT molecular complexity index is 1220. The van der Waals surface area contributed by atoms with Gasteiger partial charge in [0.15, 0.2) is 0 Å². The third-order valence-corrected chi connectivity index (χ3v) is 5.53. The number of tetrazole rings is 1. The predicted octanol–water partition coefficient (Wildman–Crippen LogP) is 4.47. The number of rotatable bonds is 5. The molecule has 0 aliphatic carbocycles. The van der Waals surface area contributed by atoms with Crippen molar-refractivity contribution in [1.82, 2.24) is 25.1 Å². The molecule has 2 N–H and O–H groups in total. The van der Waals surface area contributed by atoms with Gasteiger partial charge in [-0.15, -0.1) is 10.2 Å². The molecule has 0 bridgehead atoms. The minimum Gasteiger partial charge on any atom is -0.444 e. The summed E-state index contributed by atoms with van der Waals surface area (Å²) in [6, 6.07) is 11.7. The summed E-state index contributed by atoms with van der Waals surface area (Å²) in [6.07, 6.45) is -4.57. The Morgan fingerprint density at radius 3 is 2.50 bits per heavy atom. The van der Waals surface area contributed by atoms with E-state index in [0.717, 1.165) is 12.1 Å². The standard InChI is InChI=1S/C24H27F3N6O3/c1-22(2,3)36-21(34)32-13-12-23(35,14-32)15-33-30-20(29-31-33)18-6-4-5-7-19(18)28-17-10-8-16(9-11-17)24(25,26)27/h4-11,28,35H,12-15H2,1-3H3/t23-/m0/s1. The van der Waals surface area contributed by atoms with Crippen LogP contribution in [0.5, 0.6) is 0 Å². The van der Waals surface area contributed by atoms with Crippen LogP contribution in [0.2, 0.25) is 0 Å². The van der Waals surface area contributed by atoms with E-state index in [1.807, 2.05) is 0 Å². The number of carbonyl (C=O) groups excluding carboxylic acids is 1. The second-order valence-corrected chi connectivity index (χ2v) is 9.77. The van der Waals surface area contributed by atoms with Crippen LogP contribution in [-0.2, 0) is 17.5 Å². The molecule has 3 aromatic rings. The first-order chi connectivity index (χ1) is 16.8. The lowest BCUT2D eigenvalue weighted by Crippen LogP contribution is -2.41. The van der Waals surface area contributed by atoms with E-state index in [1.54, 1.807) is 45.0 Å². The first-order valence-corrected chi connectivity index (χ1v) is 11.3. The highest BCUT2D eigenvalue weighted by molar-refractivity contribution is 5.77. The van der Waals surface area contributed by atoms with E-state index in [-0.39, 0.29) is 18.9 Å². The van der Waals surface area contributed by atoms with Gasteiger partial charge in [-0.25, -0.2) is 4.79 Å². The maximum atomic E-state index is 12.8. The first-order valence-electron chi connectivity index (χ1n) is 11.3. The normalized spacial score (nSPS) is 18.4. The van der Waals surface area contributed by atoms with Gasteiger partial charge in [-0.05, 0) is 68.8 Å². The molecule has 1 fully saturated rings. The van der Waals surface area contributed by atoms with Gasteiger partial charge in [-0.1, -0.05) is 12.1 Å². The second kappa shape index (κ2) is 9.41. The number of nitrogens with one attached hydrogen (secondary N) is 1. The molecule has 0 spiro atoms. The lowest BCUT2D eigenvalue weighted by Gasteiger charge is -2.26. The van der Waals surface area contributed by atoms with E-state index in [1.165, 1.54) is 21.8 Å². The molecular weight excluding hydrogens is 477 g/mol. The zero-order valence-corrected chi connectivity index (χ0v) is 20.1. The zero-order chi connectivity index (χ0) is 26.1. The fraction of sp³-hybridized carbons (Fsp3) is 0.417. The first kappa shape index (κ1) is 25.4. The van der Waals surface area contributed by atoms with E-state index in [4.69, 9.17) is 4.74 Å². The fourth-order valence-corrected chi connectivity index (χ4v) is 3.83. The number of hydrogen-bond donors (Lipinski definition) is 2. The summed E-state index contributed by atoms with van der Waals surface area (Å²) in [6.45, 7) is 5.76. The van der Waals surface area contributed by atoms with Crippen molar-refractivity contribution < 1.29 is 27.8 Å². The maximum Gasteiger partial charge on any atom is 0.416 e. The quantitative estimate of drug-likeness (QED) is 0.528. The maximum absolute atomic E-state index is 12.8. The van der Waals surface area contributed by atoms with Crippen LogP contribution in [0.3, 0.4) is 0 Å². The third-order valence-electron chi connectivity index (χ3n) is 5.53. The van der Waals surface area contributed by atoms with Crippen molar-refractivity contribution in [3.05, 3.63) is 54.1 Å². The molecule has 2 aromatic carbocycles. The molecule has 1 atom stereocenters. The number of β-amino-alcohol motifs (C(OH)–C–C–N with tert-alkyl or cyclic N) is 1. The highest BCUT2D eigenvalue weighted by Crippen LogP contribution is 2.32. The molecule has 192 valence electrons. The van der Waals surface area contributed by atoms with E-state index in [9.17, 15) is 23.1 Å². The summed E-state index contributed by atoms with van der Waals surface area (Å²) in [4.78, 5) is 15.0. The van der Waals surface area contributed by atoms with Gasteiger partial charge < -0.3 is 20.1 Å². The van der Waals surface area contributed by atoms with Crippen LogP contribution in [0.15, 0.2) is 48.5 Å². The molecule has 1 aromatic heterocycles. The van der Waals surface area contributed by atoms with Gasteiger partial charge in [0.05, 0.1) is 18.7 Å². The number of anilines is 2. The Morgan fingerprint density at radius 1 is 1.14 bits per heavy atom. The van der Waals surface area contributed by atoms with Gasteiger partial charge in [0.1, 0.15) is 11.2 Å². The lowest BCUT2D eigenvalue weighted by molar-refractivity contribution is -0.137. The van der Waals surface area contributed by atoms with Crippen LogP contribution in [0.1, 0.15) is 32.8 Å². The Balaban J connectivity index is 1.45. The molecule has 12 heteroatoms. The van der Waals surface area contributed by atoms with E-state index in [0.29, 0.717) is 29.9 Å². The molecule has 36 heavy (non-hydrogen) atoms. The molecule has 1 amide bonds. The van der Waals surface area contributed by atoms with Crippen LogP contribution in [-0.4, -0.2) is 60.6 Å².